The Bertz CT molecular complexity index is 1590. The van der Waals surface area contributed by atoms with Crippen LogP contribution in [0.1, 0.15) is 46.8 Å². The van der Waals surface area contributed by atoms with Crippen LogP contribution in [-0.4, -0.2) is 11.6 Å². The Balaban J connectivity index is 0.00000304. The van der Waals surface area contributed by atoms with Crippen molar-refractivity contribution in [2.75, 3.05) is 7.05 Å². The molecule has 2 heterocycles. The molecule has 0 atom stereocenters. The standard InChI is InChI=1S/C28H26FIN2O3.ClH/c1-15-22(12-18-7-8-20(30)13-23(18)29)25-26(35-28(15)34)24(16(2)32(27(25)33)21-9-10-21)19-6-4-5-17(11-19)14-31-3;/h4-8,11,13,21,31H,9-10,12,14H2,1-3H3;1H. The van der Waals surface area contributed by atoms with Crippen molar-refractivity contribution in [1.29, 1.82) is 0 Å². The first-order valence-corrected chi connectivity index (χ1v) is 12.8. The number of hydrogen-bond donors (Lipinski definition) is 1. The van der Waals surface area contributed by atoms with Crippen LogP contribution in [0.4, 0.5) is 4.39 Å². The predicted molar refractivity (Wildman–Crippen MR) is 152 cm³/mol. The molecule has 1 aliphatic rings. The summed E-state index contributed by atoms with van der Waals surface area (Å²) in [4.78, 5) is 26.9. The van der Waals surface area contributed by atoms with Gasteiger partial charge in [-0.1, -0.05) is 24.3 Å². The van der Waals surface area contributed by atoms with Crippen molar-refractivity contribution in [2.24, 2.45) is 0 Å². The number of nitrogens with one attached hydrogen (secondary N) is 1. The highest BCUT2D eigenvalue weighted by atomic mass is 127. The number of pyridine rings is 1. The average Bonchev–Trinajstić information content (AvgIpc) is 3.64. The minimum atomic E-state index is -0.506. The lowest BCUT2D eigenvalue weighted by molar-refractivity contribution is 0.549. The van der Waals surface area contributed by atoms with Crippen LogP contribution in [-0.2, 0) is 13.0 Å². The van der Waals surface area contributed by atoms with Gasteiger partial charge in [-0.15, -0.1) is 12.4 Å². The Hall–Kier alpha value is -2.49. The fourth-order valence-corrected chi connectivity index (χ4v) is 5.31. The van der Waals surface area contributed by atoms with Crippen LogP contribution < -0.4 is 16.5 Å². The zero-order chi connectivity index (χ0) is 24.9. The van der Waals surface area contributed by atoms with Gasteiger partial charge in [0.25, 0.3) is 5.56 Å². The summed E-state index contributed by atoms with van der Waals surface area (Å²) in [6.45, 7) is 4.25. The van der Waals surface area contributed by atoms with Crippen LogP contribution in [0.3, 0.4) is 0 Å². The lowest BCUT2D eigenvalue weighted by Gasteiger charge is -2.19. The zero-order valence-electron chi connectivity index (χ0n) is 20.3. The third kappa shape index (κ3) is 4.76. The van der Waals surface area contributed by atoms with E-state index in [2.05, 4.69) is 34.0 Å². The van der Waals surface area contributed by atoms with Crippen molar-refractivity contribution >= 4 is 46.0 Å². The second kappa shape index (κ2) is 10.5. The summed E-state index contributed by atoms with van der Waals surface area (Å²) in [5, 5.41) is 3.53. The molecule has 2 aromatic heterocycles. The third-order valence-electron chi connectivity index (χ3n) is 6.76. The van der Waals surface area contributed by atoms with Crippen LogP contribution in [0.15, 0.2) is 56.5 Å². The van der Waals surface area contributed by atoms with Crippen LogP contribution in [0.25, 0.3) is 22.1 Å². The van der Waals surface area contributed by atoms with Gasteiger partial charge in [-0.25, -0.2) is 9.18 Å². The first-order valence-electron chi connectivity index (χ1n) is 11.7. The summed E-state index contributed by atoms with van der Waals surface area (Å²) in [7, 11) is 1.89. The van der Waals surface area contributed by atoms with Gasteiger partial charge in [-0.3, -0.25) is 4.79 Å². The van der Waals surface area contributed by atoms with Gasteiger partial charge < -0.3 is 14.3 Å². The van der Waals surface area contributed by atoms with E-state index in [9.17, 15) is 14.0 Å². The van der Waals surface area contributed by atoms with E-state index >= 15 is 0 Å². The molecule has 0 radical (unpaired) electrons. The van der Waals surface area contributed by atoms with Gasteiger partial charge in [0, 0.05) is 39.4 Å². The van der Waals surface area contributed by atoms with Gasteiger partial charge in [0.2, 0.25) is 0 Å². The Labute approximate surface area is 228 Å². The van der Waals surface area contributed by atoms with E-state index in [0.717, 1.165) is 38.8 Å². The van der Waals surface area contributed by atoms with Gasteiger partial charge in [0.15, 0.2) is 5.58 Å². The minimum Gasteiger partial charge on any atom is -0.422 e. The quantitative estimate of drug-likeness (QED) is 0.267. The fraction of sp³-hybridized carbons (Fsp3) is 0.286. The minimum absolute atomic E-state index is 0. The number of fused-ring (bicyclic) bond motifs is 1. The maximum absolute atomic E-state index is 14.8. The normalized spacial score (nSPS) is 13.1. The van der Waals surface area contributed by atoms with E-state index in [1.165, 1.54) is 6.07 Å². The van der Waals surface area contributed by atoms with Gasteiger partial charge in [0.1, 0.15) is 5.82 Å². The van der Waals surface area contributed by atoms with Gasteiger partial charge >= 0.3 is 5.63 Å². The van der Waals surface area contributed by atoms with Crippen molar-refractivity contribution < 1.29 is 8.81 Å². The highest BCUT2D eigenvalue weighted by Gasteiger charge is 2.31. The number of nitrogens with zero attached hydrogens (tertiary/aromatic N) is 1. The number of rotatable bonds is 6. The van der Waals surface area contributed by atoms with Crippen molar-refractivity contribution in [3.05, 3.63) is 101 Å². The summed E-state index contributed by atoms with van der Waals surface area (Å²) in [6, 6.07) is 13.2. The molecule has 5 nitrogen and oxygen atoms in total. The molecule has 4 aromatic rings. The van der Waals surface area contributed by atoms with E-state index in [0.29, 0.717) is 28.6 Å². The fourth-order valence-electron chi connectivity index (χ4n) is 4.86. The average molecular weight is 621 g/mol. The van der Waals surface area contributed by atoms with E-state index in [-0.39, 0.29) is 41.8 Å². The Morgan fingerprint density at radius 3 is 2.56 bits per heavy atom. The van der Waals surface area contributed by atoms with Crippen LogP contribution in [0.5, 0.6) is 0 Å². The molecule has 1 fully saturated rings. The van der Waals surface area contributed by atoms with Crippen LogP contribution in [0.2, 0.25) is 0 Å². The summed E-state index contributed by atoms with van der Waals surface area (Å²) in [5.74, 6) is -0.354. The topological polar surface area (TPSA) is 64.2 Å². The molecule has 1 N–H and O–H groups in total. The molecule has 36 heavy (non-hydrogen) atoms. The molecule has 1 aliphatic carbocycles. The molecule has 188 valence electrons. The maximum Gasteiger partial charge on any atom is 0.339 e. The zero-order valence-corrected chi connectivity index (χ0v) is 23.3. The first kappa shape index (κ1) is 26.6. The predicted octanol–water partition coefficient (Wildman–Crippen LogP) is 6.05. The van der Waals surface area contributed by atoms with E-state index in [4.69, 9.17) is 4.42 Å². The molecule has 8 heteroatoms. The van der Waals surface area contributed by atoms with Crippen LogP contribution >= 0.6 is 35.0 Å². The summed E-state index contributed by atoms with van der Waals surface area (Å²) >= 11 is 2.06. The number of aromatic nitrogens is 1. The van der Waals surface area contributed by atoms with Crippen molar-refractivity contribution in [1.82, 2.24) is 9.88 Å². The Morgan fingerprint density at radius 2 is 1.89 bits per heavy atom. The molecule has 0 unspecified atom stereocenters. The van der Waals surface area contributed by atoms with E-state index in [1.807, 2.05) is 42.8 Å². The monoisotopic (exact) mass is 620 g/mol. The second-order valence-corrected chi connectivity index (χ2v) is 10.5. The molecular weight excluding hydrogens is 594 g/mol. The number of hydrogen-bond acceptors (Lipinski definition) is 4. The Morgan fingerprint density at radius 1 is 1.14 bits per heavy atom. The van der Waals surface area contributed by atoms with E-state index < -0.39 is 5.63 Å². The molecular formula is C28H27ClFIN2O3. The summed E-state index contributed by atoms with van der Waals surface area (Å²) < 4.78 is 23.3. The lowest BCUT2D eigenvalue weighted by Crippen LogP contribution is -2.25. The largest absolute Gasteiger partial charge is 0.422 e. The second-order valence-electron chi connectivity index (χ2n) is 9.21. The highest BCUT2D eigenvalue weighted by Crippen LogP contribution is 2.40. The highest BCUT2D eigenvalue weighted by molar-refractivity contribution is 14.1. The van der Waals surface area contributed by atoms with Crippen molar-refractivity contribution in [3.63, 3.8) is 0 Å². The van der Waals surface area contributed by atoms with Crippen LogP contribution in [0, 0.1) is 23.2 Å². The first-order chi connectivity index (χ1) is 16.8. The number of benzene rings is 2. The molecule has 0 amide bonds. The molecule has 2 aromatic carbocycles. The van der Waals surface area contributed by atoms with Crippen molar-refractivity contribution in [3.8, 4) is 11.1 Å². The smallest absolute Gasteiger partial charge is 0.339 e. The third-order valence-corrected chi connectivity index (χ3v) is 7.43. The lowest BCUT2D eigenvalue weighted by atomic mass is 9.94. The van der Waals surface area contributed by atoms with Gasteiger partial charge in [-0.2, -0.15) is 0 Å². The molecule has 0 saturated heterocycles. The Kier molecular flexibility index (Phi) is 7.73. The SMILES string of the molecule is CNCc1cccc(-c2c(C)n(C3CC3)c(=O)c3c(Cc4ccc(I)cc4F)c(C)c(=O)oc23)c1.Cl. The molecule has 0 aliphatic heterocycles. The van der Waals surface area contributed by atoms with Crippen molar-refractivity contribution in [2.45, 2.75) is 45.7 Å². The van der Waals surface area contributed by atoms with Gasteiger partial charge in [0.05, 0.1) is 5.39 Å². The summed E-state index contributed by atoms with van der Waals surface area (Å²) in [5.41, 5.74) is 4.40. The molecule has 0 bridgehead atoms. The van der Waals surface area contributed by atoms with Gasteiger partial charge in [-0.05, 0) is 96.8 Å². The molecule has 5 rings (SSSR count). The number of halogens is 3. The maximum atomic E-state index is 14.8. The molecule has 0 spiro atoms. The van der Waals surface area contributed by atoms with E-state index in [1.54, 1.807) is 13.0 Å². The molecule has 1 saturated carbocycles. The summed E-state index contributed by atoms with van der Waals surface area (Å²) in [6.07, 6.45) is 2.00.